The molecule has 5 unspecified atom stereocenters. The third-order valence-electron chi connectivity index (χ3n) is 6.33. The Morgan fingerprint density at radius 2 is 2.00 bits per heavy atom. The second-order valence-corrected chi connectivity index (χ2v) is 7.49. The summed E-state index contributed by atoms with van der Waals surface area (Å²) < 4.78 is 0. The lowest BCUT2D eigenvalue weighted by Gasteiger charge is -2.42. The number of carbonyl (C=O) groups excluding carboxylic acids is 1. The number of nitrogens with two attached hydrogens (primary N) is 1. The number of halogens is 1. The van der Waals surface area contributed by atoms with E-state index in [9.17, 15) is 4.79 Å². The summed E-state index contributed by atoms with van der Waals surface area (Å²) in [6, 6.07) is 10.8. The quantitative estimate of drug-likeness (QED) is 0.854. The minimum Gasteiger partial charge on any atom is -0.369 e. The molecule has 20 heavy (non-hydrogen) atoms. The number of primary amides is 1. The molecule has 3 heteroatoms. The normalized spacial score (nSPS) is 45.0. The van der Waals surface area contributed by atoms with Gasteiger partial charge >= 0.3 is 0 Å². The fourth-order valence-electron chi connectivity index (χ4n) is 5.84. The van der Waals surface area contributed by atoms with Crippen molar-refractivity contribution in [1.82, 2.24) is 0 Å². The summed E-state index contributed by atoms with van der Waals surface area (Å²) in [6.45, 7) is 0. The number of carbonyl (C=O) groups is 1. The van der Waals surface area contributed by atoms with Gasteiger partial charge in [0.1, 0.15) is 0 Å². The second-order valence-electron chi connectivity index (χ2n) is 7.23. The third-order valence-corrected chi connectivity index (χ3v) is 6.86. The monoisotopic (exact) mass is 289 g/mol. The molecule has 0 saturated heterocycles. The summed E-state index contributed by atoms with van der Waals surface area (Å²) in [5, 5.41) is 0. The lowest BCUT2D eigenvalue weighted by atomic mass is 9.62. The van der Waals surface area contributed by atoms with E-state index in [1.165, 1.54) is 5.56 Å². The van der Waals surface area contributed by atoms with Gasteiger partial charge in [-0.1, -0.05) is 30.3 Å². The van der Waals surface area contributed by atoms with Gasteiger partial charge in [-0.2, -0.15) is 0 Å². The van der Waals surface area contributed by atoms with E-state index in [1.807, 2.05) is 0 Å². The minimum atomic E-state index is -0.101. The maximum atomic E-state index is 11.9. The van der Waals surface area contributed by atoms with Gasteiger partial charge in [-0.15, -0.1) is 11.6 Å². The van der Waals surface area contributed by atoms with E-state index in [0.29, 0.717) is 17.7 Å². The van der Waals surface area contributed by atoms with Crippen molar-refractivity contribution in [3.05, 3.63) is 35.9 Å². The summed E-state index contributed by atoms with van der Waals surface area (Å²) in [5.74, 6) is 1.48. The zero-order chi connectivity index (χ0) is 14.0. The molecule has 4 saturated carbocycles. The van der Waals surface area contributed by atoms with Gasteiger partial charge in [0.05, 0.1) is 0 Å². The van der Waals surface area contributed by atoms with Crippen LogP contribution in [0.25, 0.3) is 0 Å². The minimum absolute atomic E-state index is 0.0630. The highest BCUT2D eigenvalue weighted by Crippen LogP contribution is 2.72. The first-order chi connectivity index (χ1) is 9.60. The number of hydrogen-bond donors (Lipinski definition) is 1. The van der Waals surface area contributed by atoms with E-state index in [0.717, 1.165) is 25.7 Å². The molecule has 5 atom stereocenters. The molecule has 0 aromatic heterocycles. The number of alkyl halides is 1. The van der Waals surface area contributed by atoms with Crippen molar-refractivity contribution in [2.24, 2.45) is 28.9 Å². The van der Waals surface area contributed by atoms with Crippen molar-refractivity contribution in [3.8, 4) is 0 Å². The van der Waals surface area contributed by atoms with Gasteiger partial charge in [0.25, 0.3) is 0 Å². The van der Waals surface area contributed by atoms with Gasteiger partial charge in [-0.3, -0.25) is 4.79 Å². The van der Waals surface area contributed by atoms with Gasteiger partial charge in [0.2, 0.25) is 5.91 Å². The van der Waals surface area contributed by atoms with Crippen LogP contribution in [0.1, 0.15) is 31.2 Å². The number of rotatable bonds is 3. The molecular weight excluding hydrogens is 270 g/mol. The molecule has 4 aliphatic carbocycles. The summed E-state index contributed by atoms with van der Waals surface area (Å²) >= 11 is 6.35. The van der Waals surface area contributed by atoms with Crippen LogP contribution in [0, 0.1) is 23.2 Å². The average Bonchev–Trinajstić information content (AvgIpc) is 2.82. The SMILES string of the molecule is NC(=O)C1C2CC3(c4ccccc4)CC1C(CCl)(C2)C3. The average molecular weight is 290 g/mol. The van der Waals surface area contributed by atoms with Crippen LogP contribution in [0.4, 0.5) is 0 Å². The molecule has 0 spiro atoms. The molecule has 1 amide bonds. The van der Waals surface area contributed by atoms with E-state index < -0.39 is 0 Å². The molecule has 0 aliphatic heterocycles. The topological polar surface area (TPSA) is 43.1 Å². The van der Waals surface area contributed by atoms with Crippen LogP contribution in [0.15, 0.2) is 30.3 Å². The Morgan fingerprint density at radius 1 is 1.25 bits per heavy atom. The summed E-state index contributed by atoms with van der Waals surface area (Å²) in [7, 11) is 0. The van der Waals surface area contributed by atoms with Crippen molar-refractivity contribution in [1.29, 1.82) is 0 Å². The predicted molar refractivity (Wildman–Crippen MR) is 79.4 cm³/mol. The van der Waals surface area contributed by atoms with Gasteiger partial charge in [-0.25, -0.2) is 0 Å². The van der Waals surface area contributed by atoms with Crippen LogP contribution in [0.2, 0.25) is 0 Å². The van der Waals surface area contributed by atoms with Crippen LogP contribution < -0.4 is 5.73 Å². The highest BCUT2D eigenvalue weighted by molar-refractivity contribution is 6.18. The van der Waals surface area contributed by atoms with E-state index >= 15 is 0 Å². The smallest absolute Gasteiger partial charge is 0.221 e. The Hall–Kier alpha value is -1.02. The number of hydrogen-bond acceptors (Lipinski definition) is 1. The van der Waals surface area contributed by atoms with Crippen molar-refractivity contribution in [2.45, 2.75) is 31.1 Å². The number of benzene rings is 1. The van der Waals surface area contributed by atoms with Crippen LogP contribution in [-0.4, -0.2) is 11.8 Å². The van der Waals surface area contributed by atoms with E-state index in [1.54, 1.807) is 0 Å². The molecule has 4 bridgehead atoms. The molecule has 2 N–H and O–H groups in total. The zero-order valence-corrected chi connectivity index (χ0v) is 12.3. The maximum absolute atomic E-state index is 11.9. The molecule has 1 aromatic carbocycles. The molecule has 4 fully saturated rings. The van der Waals surface area contributed by atoms with Crippen LogP contribution in [0.5, 0.6) is 0 Å². The Bertz CT molecular complexity index is 559. The Labute approximate surface area is 124 Å². The van der Waals surface area contributed by atoms with Crippen molar-refractivity contribution < 1.29 is 4.79 Å². The number of amides is 1. The Kier molecular flexibility index (Phi) is 2.54. The van der Waals surface area contributed by atoms with Crippen LogP contribution in [0.3, 0.4) is 0 Å². The Balaban J connectivity index is 1.78. The molecule has 4 aliphatic rings. The van der Waals surface area contributed by atoms with Crippen molar-refractivity contribution in [3.63, 3.8) is 0 Å². The standard InChI is InChI=1S/C17H20ClNO/c18-10-17-7-11-6-16(9-17,12-4-2-1-3-5-12)8-13(17)14(11)15(19)20/h1-5,11,13-14H,6-10H2,(H2,19,20). The van der Waals surface area contributed by atoms with E-state index in [4.69, 9.17) is 17.3 Å². The first-order valence-electron chi connectivity index (χ1n) is 7.51. The summed E-state index contributed by atoms with van der Waals surface area (Å²) in [5.41, 5.74) is 7.52. The molecule has 0 heterocycles. The Morgan fingerprint density at radius 3 is 2.65 bits per heavy atom. The van der Waals surface area contributed by atoms with E-state index in [2.05, 4.69) is 30.3 Å². The predicted octanol–water partition coefficient (Wildman–Crippen LogP) is 3.08. The largest absolute Gasteiger partial charge is 0.369 e. The molecular formula is C17H20ClNO. The van der Waals surface area contributed by atoms with Gasteiger partial charge in [0, 0.05) is 11.8 Å². The van der Waals surface area contributed by atoms with Gasteiger partial charge in [-0.05, 0) is 53.9 Å². The van der Waals surface area contributed by atoms with Gasteiger partial charge in [0.15, 0.2) is 0 Å². The second kappa shape index (κ2) is 4.00. The first kappa shape index (κ1) is 12.7. The summed E-state index contributed by atoms with van der Waals surface area (Å²) in [6.07, 6.45) is 4.44. The van der Waals surface area contributed by atoms with Crippen LogP contribution >= 0.6 is 11.6 Å². The van der Waals surface area contributed by atoms with Crippen molar-refractivity contribution in [2.75, 3.05) is 5.88 Å². The van der Waals surface area contributed by atoms with Crippen LogP contribution in [-0.2, 0) is 10.2 Å². The highest BCUT2D eigenvalue weighted by atomic mass is 35.5. The summed E-state index contributed by atoms with van der Waals surface area (Å²) in [4.78, 5) is 11.9. The van der Waals surface area contributed by atoms with E-state index in [-0.39, 0.29) is 22.7 Å². The molecule has 106 valence electrons. The fourth-order valence-corrected chi connectivity index (χ4v) is 6.24. The molecule has 2 nitrogen and oxygen atoms in total. The first-order valence-corrected chi connectivity index (χ1v) is 8.05. The maximum Gasteiger partial charge on any atom is 0.221 e. The highest BCUT2D eigenvalue weighted by Gasteiger charge is 2.68. The molecule has 5 rings (SSSR count). The third kappa shape index (κ3) is 1.43. The fraction of sp³-hybridized carbons (Fsp3) is 0.588. The molecule has 0 radical (unpaired) electrons. The molecule has 1 aromatic rings. The van der Waals surface area contributed by atoms with Crippen molar-refractivity contribution >= 4 is 17.5 Å². The lowest BCUT2D eigenvalue weighted by molar-refractivity contribution is -0.125. The lowest BCUT2D eigenvalue weighted by Crippen LogP contribution is -2.40. The van der Waals surface area contributed by atoms with Gasteiger partial charge < -0.3 is 5.73 Å². The zero-order valence-electron chi connectivity index (χ0n) is 11.5.